The molecule has 19 nitrogen and oxygen atoms in total. The topological polar surface area (TPSA) is 314 Å². The van der Waals surface area contributed by atoms with Gasteiger partial charge < -0.3 is 40.4 Å². The van der Waals surface area contributed by atoms with Crippen molar-refractivity contribution in [3.63, 3.8) is 0 Å². The number of hydrogen-bond donors (Lipinski definition) is 4. The monoisotopic (exact) mass is 1540 g/mol. The number of pyridine rings is 2. The summed E-state index contributed by atoms with van der Waals surface area (Å²) in [7, 11) is -2.72. The fourth-order valence-corrected chi connectivity index (χ4v) is 11.6. The van der Waals surface area contributed by atoms with Crippen LogP contribution in [0.1, 0.15) is 276 Å². The number of hydrogen-bond acceptors (Lipinski definition) is 16. The summed E-state index contributed by atoms with van der Waals surface area (Å²) in [6, 6.07) is 33.4. The minimum Gasteiger partial charge on any atom is -0.744 e. The van der Waals surface area contributed by atoms with Gasteiger partial charge in [-0.3, -0.25) is 38.5 Å². The fourth-order valence-electron chi connectivity index (χ4n) is 11.0. The second-order valence-electron chi connectivity index (χ2n) is 28.1. The average Bonchev–Trinajstić information content (AvgIpc) is 1.76. The number of carbonyl (C=O) groups excluding carboxylic acids is 5. The standard InChI is InChI=1S/C22H30N2O2.C14H16O3.C11H15Cl.C10H14O3S.C9H19NO.C9H14O4.C5H13N.C5H10O2.Na/c1-3-19(17-18(2)20-8-12-23-13-9-20)21-10-15-24(16-11-21)14-6-4-5-7-22(25)26;1-9(11-6-4-3-5-7-11)8-12-10(2)13(15)17-14(12)16;1-3-9(2)11-6-4-10(8-12)5-7-11;1-3-8(2)9-4-6-10(7-5-9)14(11,12)13;1-3-9(8(2)11)6-4-5-7-10;1-5(12-3)4-7-6(2)8(10)13-9(7)11;1-3-5(2)4-6;1-3-4(2)5(6)7;/h8-13,15-16,18-19H,3-7,14,17H2,1-2H3;3-7,9-10,12H,8H2,1-2H3;4-7,9H,3,8H2,1-2H3;4-8H,3H2,1-2H3,(H,11,12,13);9H,3-7,10H2,1-2H3;5-7H,4H2,1-3H3;5H,3-4,6H2,1-2H3;4H,3H2,1-2H3,(H,6,7);/q;;;;;;;;+1. The molecule has 2 saturated heterocycles. The molecule has 2 aliphatic rings. The van der Waals surface area contributed by atoms with Gasteiger partial charge in [0.2, 0.25) is 0 Å². The van der Waals surface area contributed by atoms with Crippen LogP contribution in [-0.2, 0) is 70.3 Å². The number of unbranched alkanes of at least 4 members (excludes halogenated alkanes) is 3. The molecule has 0 radical (unpaired) electrons. The number of rotatable bonds is 33. The van der Waals surface area contributed by atoms with Crippen molar-refractivity contribution < 1.29 is 105 Å². The first-order valence-corrected chi connectivity index (χ1v) is 40.2. The van der Waals surface area contributed by atoms with Crippen molar-refractivity contribution in [2.45, 2.75) is 267 Å². The van der Waals surface area contributed by atoms with Gasteiger partial charge in [-0.25, -0.2) is 13.0 Å². The second kappa shape index (κ2) is 58.8. The van der Waals surface area contributed by atoms with E-state index in [1.54, 1.807) is 46.9 Å². The van der Waals surface area contributed by atoms with E-state index in [-0.39, 0.29) is 100 Å². The van der Waals surface area contributed by atoms with Crippen molar-refractivity contribution in [2.24, 2.45) is 52.9 Å². The van der Waals surface area contributed by atoms with E-state index in [1.165, 1.54) is 52.8 Å². The van der Waals surface area contributed by atoms with Crippen LogP contribution in [0.25, 0.3) is 0 Å². The first kappa shape index (κ1) is 103. The first-order valence-electron chi connectivity index (χ1n) is 38.2. The van der Waals surface area contributed by atoms with Crippen LogP contribution in [0, 0.1) is 41.4 Å². The molecule has 0 saturated carbocycles. The molecule has 6 N–H and O–H groups in total. The zero-order valence-corrected chi connectivity index (χ0v) is 71.4. The maximum absolute atomic E-state index is 11.5. The molecule has 2 fully saturated rings. The van der Waals surface area contributed by atoms with Crippen LogP contribution in [0.4, 0.5) is 0 Å². The smallest absolute Gasteiger partial charge is 0.744 e. The van der Waals surface area contributed by atoms with Gasteiger partial charge in [0.05, 0.1) is 40.6 Å². The van der Waals surface area contributed by atoms with Gasteiger partial charge in [-0.05, 0) is 197 Å². The molecule has 0 amide bonds. The van der Waals surface area contributed by atoms with Gasteiger partial charge in [-0.15, -0.1) is 11.6 Å². The number of methoxy groups -OCH3 is 1. The number of carboxylic acid groups (broad SMARTS) is 2. The van der Waals surface area contributed by atoms with E-state index in [1.807, 2.05) is 56.6 Å². The molecule has 4 heterocycles. The Labute approximate surface area is 669 Å². The van der Waals surface area contributed by atoms with Crippen molar-refractivity contribution >= 4 is 63.3 Å². The molecule has 3 aromatic carbocycles. The number of carboxylic acids is 2. The maximum atomic E-state index is 11.5. The third kappa shape index (κ3) is 43.2. The van der Waals surface area contributed by atoms with Gasteiger partial charge in [-0.1, -0.05) is 177 Å². The molecular weight excluding hydrogens is 1410 g/mol. The number of nitrogens with zero attached hydrogens (tertiary/aromatic N) is 2. The molecule has 7 rings (SSSR count). The van der Waals surface area contributed by atoms with Crippen molar-refractivity contribution in [1.29, 1.82) is 0 Å². The van der Waals surface area contributed by atoms with Crippen LogP contribution in [0.2, 0.25) is 0 Å². The summed E-state index contributed by atoms with van der Waals surface area (Å²) in [5.74, 6) is -0.139. The maximum Gasteiger partial charge on any atom is 1.00 e. The number of ether oxygens (including phenoxy) is 3. The van der Waals surface area contributed by atoms with Crippen LogP contribution < -0.4 is 45.6 Å². The van der Waals surface area contributed by atoms with Crippen molar-refractivity contribution in [1.82, 2.24) is 4.98 Å². The van der Waals surface area contributed by atoms with E-state index in [9.17, 15) is 46.5 Å². The molecule has 13 unspecified atom stereocenters. The third-order valence-corrected chi connectivity index (χ3v) is 21.1. The summed E-state index contributed by atoms with van der Waals surface area (Å²) in [4.78, 5) is 80.3. The summed E-state index contributed by atoms with van der Waals surface area (Å²) in [6.07, 6.45) is 22.8. The van der Waals surface area contributed by atoms with Gasteiger partial charge in [0, 0.05) is 56.3 Å². The van der Waals surface area contributed by atoms with E-state index in [2.05, 4.69) is 149 Å². The summed E-state index contributed by atoms with van der Waals surface area (Å²) < 4.78 is 48.2. The Morgan fingerprint density at radius 1 is 0.598 bits per heavy atom. The number of benzene rings is 3. The SMILES string of the molecule is CC(CC1C(=O)OC(=O)C1C)c1ccccc1.CCC(C)C(=O)O.CCC(C)CN.CCC(C)c1ccc(CCl)cc1.CCC(C)c1ccc(S(=O)(=O)[O-])cc1.CCC(CC(C)c1ccncc1)c1cc[n+](CCCCCC(=O)O)cc1.CCC(CCCCN)C(C)=O.COC(C)CC1C(=O)OC(=O)C1C.[Na+]. The van der Waals surface area contributed by atoms with Gasteiger partial charge >= 0.3 is 65.4 Å². The Morgan fingerprint density at radius 2 is 1.09 bits per heavy atom. The molecule has 2 aromatic heterocycles. The van der Waals surface area contributed by atoms with Gasteiger partial charge in [0.1, 0.15) is 22.4 Å². The predicted molar refractivity (Wildman–Crippen MR) is 422 cm³/mol. The summed E-state index contributed by atoms with van der Waals surface area (Å²) in [5, 5.41) is 16.8. The minimum absolute atomic E-state index is 0. The number of aryl methyl sites for hydroxylation is 1. The number of aliphatic carboxylic acids is 2. The van der Waals surface area contributed by atoms with E-state index in [0.717, 1.165) is 95.8 Å². The van der Waals surface area contributed by atoms with Crippen molar-refractivity contribution in [2.75, 3.05) is 20.2 Å². The number of halogens is 1. The number of cyclic esters (lactones) is 4. The van der Waals surface area contributed by atoms with Crippen LogP contribution in [0.15, 0.2) is 133 Å². The van der Waals surface area contributed by atoms with E-state index < -0.39 is 34.0 Å². The van der Waals surface area contributed by atoms with Crippen LogP contribution in [0.3, 0.4) is 0 Å². The van der Waals surface area contributed by atoms with Crippen LogP contribution in [-0.4, -0.2) is 96.1 Å². The Hall–Kier alpha value is -6.07. The minimum atomic E-state index is -4.30. The molecule has 22 heteroatoms. The second-order valence-corrected chi connectivity index (χ2v) is 29.8. The predicted octanol–water partition coefficient (Wildman–Crippen LogP) is 14.9. The number of Topliss-reactive ketones (excluding diaryl/α,β-unsaturated/α-hetero) is 1. The molecule has 0 aliphatic carbocycles. The first-order chi connectivity index (χ1) is 50.2. The van der Waals surface area contributed by atoms with E-state index in [4.69, 9.17) is 38.0 Å². The molecule has 0 bridgehead atoms. The molecule has 594 valence electrons. The van der Waals surface area contributed by atoms with Crippen molar-refractivity contribution in [3.8, 4) is 0 Å². The number of ketones is 1. The Balaban J connectivity index is 0. The fraction of sp³-hybridized carbons (Fsp3) is 0.588. The van der Waals surface area contributed by atoms with Crippen molar-refractivity contribution in [3.05, 3.63) is 161 Å². The molecular formula is C85H131ClN4NaO15S+. The Bertz CT molecular complexity index is 3350. The average molecular weight is 1540 g/mol. The largest absolute Gasteiger partial charge is 1.00 e. The number of aromatic nitrogens is 2. The molecule has 2 aliphatic heterocycles. The van der Waals surface area contributed by atoms with E-state index >= 15 is 0 Å². The normalized spacial score (nSPS) is 17.3. The summed E-state index contributed by atoms with van der Waals surface area (Å²) >= 11 is 5.69. The van der Waals surface area contributed by atoms with Gasteiger partial charge in [0.15, 0.2) is 12.4 Å². The third-order valence-electron chi connectivity index (χ3n) is 19.9. The number of alkyl halides is 1. The van der Waals surface area contributed by atoms with Gasteiger partial charge in [0.25, 0.3) is 0 Å². The molecule has 0 spiro atoms. The quantitative estimate of drug-likeness (QED) is 0.00577. The Morgan fingerprint density at radius 3 is 1.47 bits per heavy atom. The summed E-state index contributed by atoms with van der Waals surface area (Å²) in [5.41, 5.74) is 18.2. The number of carbonyl (C=O) groups is 7. The van der Waals surface area contributed by atoms with E-state index in [0.29, 0.717) is 54.1 Å². The zero-order valence-electron chi connectivity index (χ0n) is 67.8. The Kier molecular flexibility index (Phi) is 56.6. The molecule has 107 heavy (non-hydrogen) atoms. The van der Waals surface area contributed by atoms with Crippen LogP contribution >= 0.6 is 11.6 Å². The van der Waals surface area contributed by atoms with Crippen LogP contribution in [0.5, 0.6) is 0 Å². The molecule has 5 aromatic rings. The summed E-state index contributed by atoms with van der Waals surface area (Å²) in [6.45, 7) is 34.6. The number of nitrogens with two attached hydrogens (primary N) is 2. The van der Waals surface area contributed by atoms with Gasteiger partial charge in [-0.2, -0.15) is 0 Å². The zero-order chi connectivity index (χ0) is 80.5. The number of esters is 4. The molecule has 13 atom stereocenters.